The smallest absolute Gasteiger partial charge is 0.245 e. The zero-order valence-electron chi connectivity index (χ0n) is 13.3. The summed E-state index contributed by atoms with van der Waals surface area (Å²) in [6.45, 7) is 1.11. The van der Waals surface area contributed by atoms with Crippen LogP contribution in [0.5, 0.6) is 0 Å². The quantitative estimate of drug-likeness (QED) is 0.746. The van der Waals surface area contributed by atoms with E-state index in [0.29, 0.717) is 5.92 Å². The predicted molar refractivity (Wildman–Crippen MR) is 90.1 cm³/mol. The number of rotatable bonds is 3. The van der Waals surface area contributed by atoms with Gasteiger partial charge in [-0.15, -0.1) is 5.10 Å². The van der Waals surface area contributed by atoms with Crippen molar-refractivity contribution in [1.29, 1.82) is 0 Å². The second kappa shape index (κ2) is 4.90. The first-order chi connectivity index (χ1) is 11.8. The van der Waals surface area contributed by atoms with Crippen molar-refractivity contribution >= 4 is 16.9 Å². The first-order valence-corrected chi connectivity index (χ1v) is 8.40. The summed E-state index contributed by atoms with van der Waals surface area (Å²) in [7, 11) is 0. The molecule has 3 fully saturated rings. The third-order valence-corrected chi connectivity index (χ3v) is 5.53. The fraction of sp³-hybridized carbons (Fsp3) is 0.316. The number of benzene rings is 2. The minimum atomic E-state index is -0.0978. The van der Waals surface area contributed by atoms with Crippen molar-refractivity contribution in [2.24, 2.45) is 5.92 Å². The Labute approximate surface area is 139 Å². The maximum atomic E-state index is 13.0. The van der Waals surface area contributed by atoms with Crippen LogP contribution in [0.4, 0.5) is 0 Å². The van der Waals surface area contributed by atoms with Gasteiger partial charge in [-0.05, 0) is 36.5 Å². The monoisotopic (exact) mass is 318 g/mol. The molecule has 1 aromatic heterocycles. The molecule has 1 amide bonds. The van der Waals surface area contributed by atoms with Crippen LogP contribution in [0.1, 0.15) is 18.4 Å². The van der Waals surface area contributed by atoms with Gasteiger partial charge < -0.3 is 4.90 Å². The van der Waals surface area contributed by atoms with E-state index in [1.54, 1.807) is 4.68 Å². The summed E-state index contributed by atoms with van der Waals surface area (Å²) in [4.78, 5) is 15.1. The number of hydrogen-bond acceptors (Lipinski definition) is 3. The minimum absolute atomic E-state index is 0.0978. The number of hydrogen-bond donors (Lipinski definition) is 0. The third-order valence-electron chi connectivity index (χ3n) is 5.53. The second-order valence-electron chi connectivity index (χ2n) is 6.91. The highest BCUT2D eigenvalue weighted by molar-refractivity contribution is 5.81. The molecule has 0 N–H and O–H groups in total. The van der Waals surface area contributed by atoms with Crippen molar-refractivity contribution in [2.45, 2.75) is 24.9 Å². The van der Waals surface area contributed by atoms with Crippen LogP contribution in [0.3, 0.4) is 0 Å². The molecule has 2 bridgehead atoms. The van der Waals surface area contributed by atoms with Crippen LogP contribution in [0.15, 0.2) is 54.6 Å². The molecule has 3 aromatic rings. The Morgan fingerprint density at radius 1 is 1.08 bits per heavy atom. The van der Waals surface area contributed by atoms with Crippen LogP contribution < -0.4 is 0 Å². The summed E-state index contributed by atoms with van der Waals surface area (Å²) < 4.78 is 1.71. The van der Waals surface area contributed by atoms with Gasteiger partial charge in [0.2, 0.25) is 5.91 Å². The average molecular weight is 318 g/mol. The lowest BCUT2D eigenvalue weighted by Gasteiger charge is -2.42. The lowest BCUT2D eigenvalue weighted by atomic mass is 9.69. The molecule has 24 heavy (non-hydrogen) atoms. The normalized spacial score (nSPS) is 25.0. The van der Waals surface area contributed by atoms with E-state index < -0.39 is 0 Å². The van der Waals surface area contributed by atoms with Crippen LogP contribution in [0.2, 0.25) is 0 Å². The Balaban J connectivity index is 1.45. The summed E-state index contributed by atoms with van der Waals surface area (Å²) in [5.74, 6) is 0.774. The lowest BCUT2D eigenvalue weighted by Crippen LogP contribution is -2.46. The van der Waals surface area contributed by atoms with Crippen LogP contribution in [0.25, 0.3) is 11.0 Å². The van der Waals surface area contributed by atoms with Crippen molar-refractivity contribution in [1.82, 2.24) is 19.9 Å². The maximum Gasteiger partial charge on any atom is 0.245 e. The van der Waals surface area contributed by atoms with Crippen molar-refractivity contribution in [3.8, 4) is 0 Å². The highest BCUT2D eigenvalue weighted by Gasteiger charge is 2.58. The highest BCUT2D eigenvalue weighted by atomic mass is 16.2. The van der Waals surface area contributed by atoms with Gasteiger partial charge in [0.25, 0.3) is 0 Å². The Morgan fingerprint density at radius 2 is 1.83 bits per heavy atom. The lowest BCUT2D eigenvalue weighted by molar-refractivity contribution is -0.136. The zero-order chi connectivity index (χ0) is 16.1. The number of carbonyl (C=O) groups excluding carboxylic acids is 1. The number of fused-ring (bicyclic) bond motifs is 2. The van der Waals surface area contributed by atoms with Crippen LogP contribution in [-0.4, -0.2) is 32.3 Å². The molecule has 5 heteroatoms. The molecule has 0 spiro atoms. The van der Waals surface area contributed by atoms with Gasteiger partial charge in [0.1, 0.15) is 12.1 Å². The van der Waals surface area contributed by atoms with E-state index in [1.165, 1.54) is 5.56 Å². The molecular weight excluding hydrogens is 300 g/mol. The van der Waals surface area contributed by atoms with Crippen LogP contribution in [-0.2, 0) is 16.9 Å². The fourth-order valence-electron chi connectivity index (χ4n) is 4.41. The molecule has 5 nitrogen and oxygen atoms in total. The number of aromatic nitrogens is 3. The predicted octanol–water partition coefficient (Wildman–Crippen LogP) is 2.58. The Bertz CT molecular complexity index is 911. The van der Waals surface area contributed by atoms with Gasteiger partial charge in [-0.3, -0.25) is 4.79 Å². The van der Waals surface area contributed by atoms with E-state index in [9.17, 15) is 4.79 Å². The van der Waals surface area contributed by atoms with E-state index in [0.717, 1.165) is 30.4 Å². The van der Waals surface area contributed by atoms with E-state index in [-0.39, 0.29) is 18.0 Å². The van der Waals surface area contributed by atoms with Gasteiger partial charge in [-0.1, -0.05) is 47.7 Å². The summed E-state index contributed by atoms with van der Waals surface area (Å²) in [5.41, 5.74) is 2.90. The molecule has 1 saturated carbocycles. The second-order valence-corrected chi connectivity index (χ2v) is 6.91. The van der Waals surface area contributed by atoms with E-state index in [2.05, 4.69) is 39.5 Å². The molecule has 1 aliphatic carbocycles. The minimum Gasteiger partial charge on any atom is -0.331 e. The molecule has 0 unspecified atom stereocenters. The number of amides is 1. The van der Waals surface area contributed by atoms with Crippen molar-refractivity contribution in [2.75, 3.05) is 6.54 Å². The molecule has 0 atom stereocenters. The molecule has 2 saturated heterocycles. The Hall–Kier alpha value is -2.69. The Morgan fingerprint density at radius 3 is 2.67 bits per heavy atom. The summed E-state index contributed by atoms with van der Waals surface area (Å²) in [5, 5.41) is 8.31. The van der Waals surface area contributed by atoms with Gasteiger partial charge in [0.15, 0.2) is 0 Å². The zero-order valence-corrected chi connectivity index (χ0v) is 13.3. The molecular formula is C19H18N4O. The molecule has 2 aromatic carbocycles. The van der Waals surface area contributed by atoms with E-state index >= 15 is 0 Å². The van der Waals surface area contributed by atoms with Gasteiger partial charge >= 0.3 is 0 Å². The molecule has 6 rings (SSSR count). The van der Waals surface area contributed by atoms with E-state index in [4.69, 9.17) is 0 Å². The Kier molecular flexibility index (Phi) is 2.80. The standard InChI is InChI=1S/C19H18N4O/c24-18(13-23-17-9-5-4-8-16(17)20-21-23)22-12-14-10-19(22,11-14)15-6-2-1-3-7-15/h1-9,14H,10-13H2. The van der Waals surface area contributed by atoms with Crippen molar-refractivity contribution in [3.63, 3.8) is 0 Å². The van der Waals surface area contributed by atoms with E-state index in [1.807, 2.05) is 30.3 Å². The molecule has 0 radical (unpaired) electrons. The van der Waals surface area contributed by atoms with Crippen LogP contribution in [0, 0.1) is 5.92 Å². The molecule has 120 valence electrons. The van der Waals surface area contributed by atoms with Gasteiger partial charge in [-0.25, -0.2) is 4.68 Å². The van der Waals surface area contributed by atoms with Gasteiger partial charge in [-0.2, -0.15) is 0 Å². The summed E-state index contributed by atoms with van der Waals surface area (Å²) in [6.07, 6.45) is 2.17. The summed E-state index contributed by atoms with van der Waals surface area (Å²) >= 11 is 0. The van der Waals surface area contributed by atoms with Crippen molar-refractivity contribution < 1.29 is 4.79 Å². The molecule has 2 aliphatic heterocycles. The SMILES string of the molecule is O=C(Cn1nnc2ccccc21)N1CC2CC1(c1ccccc1)C2. The molecule has 3 heterocycles. The maximum absolute atomic E-state index is 13.0. The molecule has 3 aliphatic rings. The fourth-order valence-corrected chi connectivity index (χ4v) is 4.41. The van der Waals surface area contributed by atoms with Crippen molar-refractivity contribution in [3.05, 3.63) is 60.2 Å². The average Bonchev–Trinajstić information content (AvgIpc) is 3.27. The van der Waals surface area contributed by atoms with Crippen LogP contribution >= 0.6 is 0 Å². The third kappa shape index (κ3) is 1.84. The van der Waals surface area contributed by atoms with Gasteiger partial charge in [0.05, 0.1) is 11.1 Å². The highest BCUT2D eigenvalue weighted by Crippen LogP contribution is 2.56. The first kappa shape index (κ1) is 13.7. The topological polar surface area (TPSA) is 51.0 Å². The number of nitrogens with zero attached hydrogens (tertiary/aromatic N) is 4. The van der Waals surface area contributed by atoms with Gasteiger partial charge in [0, 0.05) is 6.54 Å². The summed E-state index contributed by atoms with van der Waals surface area (Å²) in [6, 6.07) is 18.2. The largest absolute Gasteiger partial charge is 0.331 e. The number of para-hydroxylation sites is 1. The number of carbonyl (C=O) groups is 1. The first-order valence-electron chi connectivity index (χ1n) is 8.40.